The van der Waals surface area contributed by atoms with Gasteiger partial charge in [0.05, 0.1) is 16.7 Å². The van der Waals surface area contributed by atoms with Gasteiger partial charge in [-0.2, -0.15) is 0 Å². The van der Waals surface area contributed by atoms with Crippen LogP contribution < -0.4 is 5.32 Å². The molecule has 26 heavy (non-hydrogen) atoms. The molecule has 0 radical (unpaired) electrons. The van der Waals surface area contributed by atoms with E-state index in [4.69, 9.17) is 0 Å². The van der Waals surface area contributed by atoms with Crippen LogP contribution in [-0.2, 0) is 14.6 Å². The number of amides is 1. The van der Waals surface area contributed by atoms with Crippen LogP contribution in [0.3, 0.4) is 0 Å². The van der Waals surface area contributed by atoms with Gasteiger partial charge in [0, 0.05) is 11.2 Å². The van der Waals surface area contributed by atoms with Gasteiger partial charge in [-0.25, -0.2) is 8.42 Å². The second-order valence-corrected chi connectivity index (χ2v) is 9.67. The summed E-state index contributed by atoms with van der Waals surface area (Å²) < 4.78 is 23.7. The Bertz CT molecular complexity index is 833. The summed E-state index contributed by atoms with van der Waals surface area (Å²) in [6, 6.07) is 16.6. The van der Waals surface area contributed by atoms with Crippen molar-refractivity contribution in [3.05, 3.63) is 60.2 Å². The summed E-state index contributed by atoms with van der Waals surface area (Å²) in [5.74, 6) is 0.514. The molecule has 0 spiro atoms. The average Bonchev–Trinajstić information content (AvgIpc) is 2.59. The van der Waals surface area contributed by atoms with Crippen molar-refractivity contribution in [3.8, 4) is 0 Å². The monoisotopic (exact) mass is 391 g/mol. The van der Waals surface area contributed by atoms with Gasteiger partial charge in [0.1, 0.15) is 0 Å². The lowest BCUT2D eigenvalue weighted by Crippen LogP contribution is -2.30. The molecule has 0 saturated carbocycles. The lowest BCUT2D eigenvalue weighted by Gasteiger charge is -2.21. The third-order valence-electron chi connectivity index (χ3n) is 3.85. The molecule has 1 unspecified atom stereocenters. The SMILES string of the molecule is CC(C)CC(NC(=O)CSc1ccccc1S(C)(=O)=O)c1ccccc1. The van der Waals surface area contributed by atoms with Crippen LogP contribution in [0.2, 0.25) is 0 Å². The highest BCUT2D eigenvalue weighted by Crippen LogP contribution is 2.27. The molecule has 1 atom stereocenters. The van der Waals surface area contributed by atoms with Gasteiger partial charge in [-0.05, 0) is 30.0 Å². The van der Waals surface area contributed by atoms with E-state index in [1.165, 1.54) is 18.0 Å². The maximum absolute atomic E-state index is 12.5. The second kappa shape index (κ2) is 9.24. The Hall–Kier alpha value is -1.79. The van der Waals surface area contributed by atoms with Gasteiger partial charge in [0.15, 0.2) is 9.84 Å². The van der Waals surface area contributed by atoms with Gasteiger partial charge >= 0.3 is 0 Å². The summed E-state index contributed by atoms with van der Waals surface area (Å²) in [5.41, 5.74) is 1.08. The molecule has 140 valence electrons. The standard InChI is InChI=1S/C20H25NO3S2/c1-15(2)13-17(16-9-5-4-6-10-16)21-20(22)14-25-18-11-7-8-12-19(18)26(3,23)24/h4-12,15,17H,13-14H2,1-3H3,(H,21,22). The zero-order valence-corrected chi connectivity index (χ0v) is 16.9. The topological polar surface area (TPSA) is 63.2 Å². The largest absolute Gasteiger partial charge is 0.349 e. The molecule has 6 heteroatoms. The number of nitrogens with one attached hydrogen (secondary N) is 1. The van der Waals surface area contributed by atoms with Crippen molar-refractivity contribution in [3.63, 3.8) is 0 Å². The summed E-state index contributed by atoms with van der Waals surface area (Å²) in [4.78, 5) is 13.3. The van der Waals surface area contributed by atoms with Crippen molar-refractivity contribution in [1.29, 1.82) is 0 Å². The van der Waals surface area contributed by atoms with Crippen LogP contribution in [-0.4, -0.2) is 26.3 Å². The molecule has 0 aliphatic carbocycles. The number of rotatable bonds is 8. The molecule has 2 rings (SSSR count). The second-order valence-electron chi connectivity index (χ2n) is 6.67. The summed E-state index contributed by atoms with van der Waals surface area (Å²) in [5, 5.41) is 3.08. The highest BCUT2D eigenvalue weighted by atomic mass is 32.2. The maximum atomic E-state index is 12.5. The molecule has 0 saturated heterocycles. The average molecular weight is 392 g/mol. The van der Waals surface area contributed by atoms with E-state index in [9.17, 15) is 13.2 Å². The first-order chi connectivity index (χ1) is 12.3. The van der Waals surface area contributed by atoms with E-state index < -0.39 is 9.84 Å². The molecular formula is C20H25NO3S2. The molecule has 2 aromatic carbocycles. The highest BCUT2D eigenvalue weighted by Gasteiger charge is 2.18. The molecule has 0 aliphatic heterocycles. The Morgan fingerprint density at radius 3 is 2.27 bits per heavy atom. The molecule has 4 nitrogen and oxygen atoms in total. The van der Waals surface area contributed by atoms with E-state index in [0.29, 0.717) is 10.8 Å². The lowest BCUT2D eigenvalue weighted by molar-refractivity contribution is -0.119. The minimum absolute atomic E-state index is 0.0468. The highest BCUT2D eigenvalue weighted by molar-refractivity contribution is 8.00. The predicted molar refractivity (Wildman–Crippen MR) is 107 cm³/mol. The maximum Gasteiger partial charge on any atom is 0.230 e. The van der Waals surface area contributed by atoms with Crippen LogP contribution in [0.4, 0.5) is 0 Å². The molecule has 0 fully saturated rings. The lowest BCUT2D eigenvalue weighted by atomic mass is 9.97. The molecule has 0 heterocycles. The zero-order valence-electron chi connectivity index (χ0n) is 15.3. The van der Waals surface area contributed by atoms with Crippen molar-refractivity contribution >= 4 is 27.5 Å². The van der Waals surface area contributed by atoms with E-state index in [0.717, 1.165) is 12.0 Å². The Morgan fingerprint density at radius 2 is 1.65 bits per heavy atom. The summed E-state index contributed by atoms with van der Waals surface area (Å²) in [6.07, 6.45) is 2.03. The van der Waals surface area contributed by atoms with Crippen LogP contribution in [0.15, 0.2) is 64.4 Å². The van der Waals surface area contributed by atoms with E-state index in [1.807, 2.05) is 30.3 Å². The Balaban J connectivity index is 2.06. The number of hydrogen-bond acceptors (Lipinski definition) is 4. The number of sulfone groups is 1. The van der Waals surface area contributed by atoms with Gasteiger partial charge in [-0.3, -0.25) is 4.79 Å². The Labute approximate surface area is 160 Å². The summed E-state index contributed by atoms with van der Waals surface area (Å²) in [6.45, 7) is 4.25. The summed E-state index contributed by atoms with van der Waals surface area (Å²) in [7, 11) is -3.32. The minimum Gasteiger partial charge on any atom is -0.349 e. The normalized spacial score (nSPS) is 12.8. The number of benzene rings is 2. The van der Waals surface area contributed by atoms with E-state index in [-0.39, 0.29) is 22.6 Å². The Kier molecular flexibility index (Phi) is 7.29. The first kappa shape index (κ1) is 20.5. The van der Waals surface area contributed by atoms with Gasteiger partial charge in [-0.1, -0.05) is 56.3 Å². The van der Waals surface area contributed by atoms with E-state index in [1.54, 1.807) is 24.3 Å². The van der Waals surface area contributed by atoms with Crippen LogP contribution in [0, 0.1) is 5.92 Å². The van der Waals surface area contributed by atoms with E-state index in [2.05, 4.69) is 19.2 Å². The first-order valence-electron chi connectivity index (χ1n) is 8.53. The van der Waals surface area contributed by atoms with Crippen molar-refractivity contribution in [2.75, 3.05) is 12.0 Å². The smallest absolute Gasteiger partial charge is 0.230 e. The van der Waals surface area contributed by atoms with Crippen molar-refractivity contribution in [2.24, 2.45) is 5.92 Å². The Morgan fingerprint density at radius 1 is 1.04 bits per heavy atom. The van der Waals surface area contributed by atoms with Crippen molar-refractivity contribution in [2.45, 2.75) is 36.1 Å². The first-order valence-corrected chi connectivity index (χ1v) is 11.4. The van der Waals surface area contributed by atoms with Crippen molar-refractivity contribution in [1.82, 2.24) is 5.32 Å². The van der Waals surface area contributed by atoms with Gasteiger partial charge in [0.2, 0.25) is 5.91 Å². The number of carbonyl (C=O) groups excluding carboxylic acids is 1. The minimum atomic E-state index is -3.32. The number of carbonyl (C=O) groups is 1. The van der Waals surface area contributed by atoms with Crippen molar-refractivity contribution < 1.29 is 13.2 Å². The van der Waals surface area contributed by atoms with Gasteiger partial charge < -0.3 is 5.32 Å². The van der Waals surface area contributed by atoms with Crippen LogP contribution >= 0.6 is 11.8 Å². The fraction of sp³-hybridized carbons (Fsp3) is 0.350. The molecule has 0 aliphatic rings. The molecule has 0 bridgehead atoms. The van der Waals surface area contributed by atoms with Crippen LogP contribution in [0.5, 0.6) is 0 Å². The molecule has 0 aromatic heterocycles. The van der Waals surface area contributed by atoms with Crippen LogP contribution in [0.1, 0.15) is 31.9 Å². The van der Waals surface area contributed by atoms with Gasteiger partial charge in [-0.15, -0.1) is 11.8 Å². The zero-order chi connectivity index (χ0) is 19.2. The van der Waals surface area contributed by atoms with E-state index >= 15 is 0 Å². The number of thioether (sulfide) groups is 1. The molecule has 1 amide bonds. The number of hydrogen-bond donors (Lipinski definition) is 1. The van der Waals surface area contributed by atoms with Gasteiger partial charge in [0.25, 0.3) is 0 Å². The fourth-order valence-electron chi connectivity index (χ4n) is 2.69. The molecular weight excluding hydrogens is 366 g/mol. The third-order valence-corrected chi connectivity index (χ3v) is 6.21. The predicted octanol–water partition coefficient (Wildman–Crippen LogP) is 4.09. The fourth-order valence-corrected chi connectivity index (χ4v) is 4.84. The third kappa shape index (κ3) is 6.18. The summed E-state index contributed by atoms with van der Waals surface area (Å²) >= 11 is 1.25. The van der Waals surface area contributed by atoms with Crippen LogP contribution in [0.25, 0.3) is 0 Å². The molecule has 1 N–H and O–H groups in total. The quantitative estimate of drug-likeness (QED) is 0.689. The molecule has 2 aromatic rings.